The molecule has 0 aliphatic heterocycles. The van der Waals surface area contributed by atoms with Crippen LogP contribution in [0.2, 0.25) is 0 Å². The summed E-state index contributed by atoms with van der Waals surface area (Å²) in [4.78, 5) is 24.9. The minimum atomic E-state index is -0.426. The highest BCUT2D eigenvalue weighted by molar-refractivity contribution is 7.16. The molecule has 2 heterocycles. The fourth-order valence-corrected chi connectivity index (χ4v) is 2.70. The number of carbonyl (C=O) groups excluding carboxylic acids is 2. The number of hydrogen-bond acceptors (Lipinski definition) is 6. The molecule has 0 unspecified atom stereocenters. The first-order valence-electron chi connectivity index (χ1n) is 6.57. The third-order valence-corrected chi connectivity index (χ3v) is 3.85. The fourth-order valence-electron chi connectivity index (χ4n) is 1.70. The average Bonchev–Trinajstić information content (AvgIpc) is 3.08. The van der Waals surface area contributed by atoms with Crippen molar-refractivity contribution < 1.29 is 14.3 Å². The van der Waals surface area contributed by atoms with E-state index in [0.29, 0.717) is 17.2 Å². The normalized spacial score (nSPS) is 10.4. The Kier molecular flexibility index (Phi) is 5.04. The monoisotopic (exact) mass is 308 g/mol. The first kappa shape index (κ1) is 15.2. The van der Waals surface area contributed by atoms with Gasteiger partial charge in [-0.1, -0.05) is 12.1 Å². The molecule has 1 N–H and O–H groups in total. The summed E-state index contributed by atoms with van der Waals surface area (Å²) in [5.74, 6) is -0.694. The zero-order valence-electron chi connectivity index (χ0n) is 11.8. The molecule has 0 atom stereocenters. The van der Waals surface area contributed by atoms with Crippen LogP contribution in [0, 0.1) is 0 Å². The number of ether oxygens (including phenoxy) is 1. The Bertz CT molecular complexity index is 621. The number of rotatable bonds is 6. The molecule has 0 aliphatic carbocycles. The minimum Gasteiger partial charge on any atom is -0.462 e. The van der Waals surface area contributed by atoms with Gasteiger partial charge in [0.05, 0.1) is 18.4 Å². The number of aromatic nitrogens is 3. The summed E-state index contributed by atoms with van der Waals surface area (Å²) < 4.78 is 6.41. The molecular weight excluding hydrogens is 292 g/mol. The molecule has 0 fully saturated rings. The summed E-state index contributed by atoms with van der Waals surface area (Å²) in [6.07, 6.45) is 3.88. The summed E-state index contributed by atoms with van der Waals surface area (Å²) >= 11 is 1.38. The molecule has 2 aromatic rings. The van der Waals surface area contributed by atoms with Crippen molar-refractivity contribution >= 4 is 28.2 Å². The van der Waals surface area contributed by atoms with Gasteiger partial charge >= 0.3 is 5.97 Å². The van der Waals surface area contributed by atoms with Gasteiger partial charge in [-0.3, -0.25) is 4.79 Å². The van der Waals surface area contributed by atoms with Crippen molar-refractivity contribution in [3.63, 3.8) is 0 Å². The van der Waals surface area contributed by atoms with Gasteiger partial charge in [0.25, 0.3) is 0 Å². The van der Waals surface area contributed by atoms with Gasteiger partial charge in [0.15, 0.2) is 0 Å². The van der Waals surface area contributed by atoms with E-state index >= 15 is 0 Å². The number of thiophene rings is 1. The summed E-state index contributed by atoms with van der Waals surface area (Å²) in [6, 6.07) is 1.76. The second-order valence-corrected chi connectivity index (χ2v) is 5.32. The maximum absolute atomic E-state index is 12.0. The van der Waals surface area contributed by atoms with E-state index in [1.807, 2.05) is 6.92 Å². The maximum Gasteiger partial charge on any atom is 0.341 e. The lowest BCUT2D eigenvalue weighted by molar-refractivity contribution is -0.116. The predicted octanol–water partition coefficient (Wildman–Crippen LogP) is 1.72. The van der Waals surface area contributed by atoms with E-state index in [9.17, 15) is 9.59 Å². The van der Waals surface area contributed by atoms with E-state index in [1.54, 1.807) is 19.2 Å². The van der Waals surface area contributed by atoms with E-state index in [4.69, 9.17) is 4.74 Å². The molecule has 0 spiro atoms. The number of amides is 1. The molecule has 0 saturated carbocycles. The Labute approximate surface area is 125 Å². The van der Waals surface area contributed by atoms with Crippen LogP contribution in [0.4, 0.5) is 5.00 Å². The quantitative estimate of drug-likeness (QED) is 0.821. The highest BCUT2D eigenvalue weighted by Gasteiger charge is 2.18. The fraction of sp³-hybridized carbons (Fsp3) is 0.385. The Balaban J connectivity index is 2.12. The highest BCUT2D eigenvalue weighted by Crippen LogP contribution is 2.29. The van der Waals surface area contributed by atoms with Crippen LogP contribution in [-0.4, -0.2) is 33.5 Å². The Morgan fingerprint density at radius 1 is 1.43 bits per heavy atom. The van der Waals surface area contributed by atoms with Crippen molar-refractivity contribution in [2.75, 3.05) is 11.9 Å². The van der Waals surface area contributed by atoms with Gasteiger partial charge in [-0.05, 0) is 19.4 Å². The molecule has 0 aromatic carbocycles. The molecule has 2 aromatic heterocycles. The number of hydrogen-bond donors (Lipinski definition) is 1. The standard InChI is InChI=1S/C13H16N4O3S/c1-3-9-7-10(13(19)20-4-2)12(21-9)15-11(18)8-17-6-5-14-16-17/h5-7H,3-4,8H2,1-2H3,(H,15,18). The van der Waals surface area contributed by atoms with Crippen LogP contribution >= 0.6 is 11.3 Å². The van der Waals surface area contributed by atoms with Gasteiger partial charge in [0, 0.05) is 11.1 Å². The van der Waals surface area contributed by atoms with Crippen molar-refractivity contribution in [2.45, 2.75) is 26.8 Å². The average molecular weight is 308 g/mol. The Hall–Kier alpha value is -2.22. The van der Waals surface area contributed by atoms with Crippen LogP contribution in [0.3, 0.4) is 0 Å². The van der Waals surface area contributed by atoms with Gasteiger partial charge in [-0.15, -0.1) is 16.4 Å². The molecule has 0 saturated heterocycles. The molecule has 0 radical (unpaired) electrons. The van der Waals surface area contributed by atoms with Crippen LogP contribution in [-0.2, 0) is 22.5 Å². The zero-order valence-corrected chi connectivity index (χ0v) is 12.6. The number of carbonyl (C=O) groups is 2. The van der Waals surface area contributed by atoms with E-state index in [2.05, 4.69) is 15.6 Å². The third kappa shape index (κ3) is 3.88. The van der Waals surface area contributed by atoms with Crippen molar-refractivity contribution in [1.29, 1.82) is 0 Å². The van der Waals surface area contributed by atoms with E-state index in [0.717, 1.165) is 11.3 Å². The first-order valence-corrected chi connectivity index (χ1v) is 7.39. The van der Waals surface area contributed by atoms with Crippen molar-refractivity contribution in [2.24, 2.45) is 0 Å². The summed E-state index contributed by atoms with van der Waals surface area (Å²) in [6.45, 7) is 4.07. The second-order valence-electron chi connectivity index (χ2n) is 4.18. The van der Waals surface area contributed by atoms with Crippen LogP contribution in [0.5, 0.6) is 0 Å². The van der Waals surface area contributed by atoms with Crippen molar-refractivity contribution in [1.82, 2.24) is 15.0 Å². The van der Waals surface area contributed by atoms with Crippen molar-refractivity contribution in [3.05, 3.63) is 28.9 Å². The lowest BCUT2D eigenvalue weighted by Gasteiger charge is -2.05. The van der Waals surface area contributed by atoms with Gasteiger partial charge in [0.2, 0.25) is 5.91 Å². The summed E-state index contributed by atoms with van der Waals surface area (Å²) in [5.41, 5.74) is 0.394. The first-order chi connectivity index (χ1) is 10.1. The van der Waals surface area contributed by atoms with Gasteiger partial charge in [-0.25, -0.2) is 9.48 Å². The van der Waals surface area contributed by atoms with Crippen LogP contribution in [0.15, 0.2) is 18.5 Å². The van der Waals surface area contributed by atoms with Crippen LogP contribution < -0.4 is 5.32 Å². The molecule has 112 valence electrons. The SMILES string of the molecule is CCOC(=O)c1cc(CC)sc1NC(=O)Cn1ccnn1. The molecule has 1 amide bonds. The molecule has 0 aliphatic rings. The maximum atomic E-state index is 12.0. The van der Waals surface area contributed by atoms with Crippen LogP contribution in [0.25, 0.3) is 0 Å². The smallest absolute Gasteiger partial charge is 0.341 e. The molecule has 8 heteroatoms. The number of esters is 1. The molecule has 0 bridgehead atoms. The van der Waals surface area contributed by atoms with E-state index < -0.39 is 5.97 Å². The predicted molar refractivity (Wildman–Crippen MR) is 78.3 cm³/mol. The Morgan fingerprint density at radius 3 is 2.86 bits per heavy atom. The molecule has 2 rings (SSSR count). The summed E-state index contributed by atoms with van der Waals surface area (Å²) in [7, 11) is 0. The lowest BCUT2D eigenvalue weighted by atomic mass is 10.2. The van der Waals surface area contributed by atoms with E-state index in [1.165, 1.54) is 22.2 Å². The number of nitrogens with zero attached hydrogens (tertiary/aromatic N) is 3. The van der Waals surface area contributed by atoms with Crippen molar-refractivity contribution in [3.8, 4) is 0 Å². The van der Waals surface area contributed by atoms with Gasteiger partial charge < -0.3 is 10.1 Å². The third-order valence-electron chi connectivity index (χ3n) is 2.66. The molecule has 7 nitrogen and oxygen atoms in total. The minimum absolute atomic E-state index is 0.0433. The topological polar surface area (TPSA) is 86.1 Å². The molecular formula is C13H16N4O3S. The zero-order chi connectivity index (χ0) is 15.2. The van der Waals surface area contributed by atoms with Gasteiger partial charge in [-0.2, -0.15) is 0 Å². The van der Waals surface area contributed by atoms with Gasteiger partial charge in [0.1, 0.15) is 11.5 Å². The van der Waals surface area contributed by atoms with E-state index in [-0.39, 0.29) is 12.5 Å². The number of anilines is 1. The number of aryl methyl sites for hydroxylation is 1. The Morgan fingerprint density at radius 2 is 2.24 bits per heavy atom. The second kappa shape index (κ2) is 6.98. The highest BCUT2D eigenvalue weighted by atomic mass is 32.1. The number of nitrogens with one attached hydrogen (secondary N) is 1. The summed E-state index contributed by atoms with van der Waals surface area (Å²) in [5, 5.41) is 10.6. The molecule has 21 heavy (non-hydrogen) atoms. The van der Waals surface area contributed by atoms with Crippen LogP contribution in [0.1, 0.15) is 29.1 Å². The lowest BCUT2D eigenvalue weighted by Crippen LogP contribution is -2.20. The largest absolute Gasteiger partial charge is 0.462 e.